The lowest BCUT2D eigenvalue weighted by Gasteiger charge is -2.16. The predicted octanol–water partition coefficient (Wildman–Crippen LogP) is 0.652. The molecule has 7 nitrogen and oxygen atoms in total. The van der Waals surface area contributed by atoms with Gasteiger partial charge in [0, 0.05) is 13.6 Å². The number of fused-ring (bicyclic) bond motifs is 1. The Morgan fingerprint density at radius 2 is 2.05 bits per heavy atom. The number of carbonyl (C=O) groups is 1. The van der Waals surface area contributed by atoms with Crippen molar-refractivity contribution < 1.29 is 27.8 Å². The normalized spacial score (nSPS) is 13.7. The molecule has 1 N–H and O–H groups in total. The molecule has 1 heterocycles. The Balaban J connectivity index is 2.03. The Kier molecular flexibility index (Phi) is 4.15. The number of ether oxygens (including phenoxy) is 2. The molecule has 2 rings (SSSR count). The van der Waals surface area contributed by atoms with Crippen LogP contribution in [0, 0.1) is 0 Å². The second kappa shape index (κ2) is 5.68. The molecule has 0 aliphatic carbocycles. The molecule has 0 saturated carbocycles. The minimum atomic E-state index is -3.59. The minimum Gasteiger partial charge on any atom is -0.481 e. The Hall–Kier alpha value is -1.80. The van der Waals surface area contributed by atoms with Crippen LogP contribution in [0.4, 0.5) is 0 Å². The van der Waals surface area contributed by atoms with E-state index >= 15 is 0 Å². The number of benzene rings is 1. The highest BCUT2D eigenvalue weighted by Crippen LogP contribution is 2.32. The molecule has 0 aromatic heterocycles. The zero-order chi connectivity index (χ0) is 14.8. The standard InChI is InChI=1S/C12H15NO6S/c1-13(20(16,17)5-4-12(14)15)7-9-2-3-10-11(6-9)19-8-18-10/h2-3,6H,4-5,7-8H2,1H3,(H,14,15). The van der Waals surface area contributed by atoms with Gasteiger partial charge in [-0.05, 0) is 17.7 Å². The topological polar surface area (TPSA) is 93.1 Å². The van der Waals surface area contributed by atoms with Gasteiger partial charge in [-0.15, -0.1) is 0 Å². The Bertz CT molecular complexity index is 612. The van der Waals surface area contributed by atoms with Gasteiger partial charge < -0.3 is 14.6 Å². The fourth-order valence-electron chi connectivity index (χ4n) is 1.77. The van der Waals surface area contributed by atoms with Crippen LogP contribution in [0.5, 0.6) is 11.5 Å². The second-order valence-electron chi connectivity index (χ2n) is 4.40. The summed E-state index contributed by atoms with van der Waals surface area (Å²) < 4.78 is 35.3. The van der Waals surface area contributed by atoms with E-state index in [4.69, 9.17) is 14.6 Å². The van der Waals surface area contributed by atoms with Crippen LogP contribution in [0.1, 0.15) is 12.0 Å². The number of hydrogen-bond donors (Lipinski definition) is 1. The Labute approximate surface area is 116 Å². The summed E-state index contributed by atoms with van der Waals surface area (Å²) in [4.78, 5) is 10.4. The molecule has 1 aromatic rings. The van der Waals surface area contributed by atoms with Crippen LogP contribution >= 0.6 is 0 Å². The first-order valence-electron chi connectivity index (χ1n) is 5.93. The smallest absolute Gasteiger partial charge is 0.304 e. The summed E-state index contributed by atoms with van der Waals surface area (Å²) in [6, 6.07) is 5.18. The first-order chi connectivity index (χ1) is 9.38. The summed E-state index contributed by atoms with van der Waals surface area (Å²) in [7, 11) is -2.17. The summed E-state index contributed by atoms with van der Waals surface area (Å²) in [5.41, 5.74) is 0.746. The van der Waals surface area contributed by atoms with Crippen molar-refractivity contribution in [1.29, 1.82) is 0 Å². The predicted molar refractivity (Wildman–Crippen MR) is 70.1 cm³/mol. The van der Waals surface area contributed by atoms with E-state index in [9.17, 15) is 13.2 Å². The zero-order valence-corrected chi connectivity index (χ0v) is 11.7. The van der Waals surface area contributed by atoms with Gasteiger partial charge in [0.15, 0.2) is 11.5 Å². The molecule has 1 aliphatic heterocycles. The number of carboxylic acid groups (broad SMARTS) is 1. The van der Waals surface area contributed by atoms with E-state index < -0.39 is 28.2 Å². The van der Waals surface area contributed by atoms with Crippen molar-refractivity contribution in [1.82, 2.24) is 4.31 Å². The van der Waals surface area contributed by atoms with Crippen LogP contribution in [0.15, 0.2) is 18.2 Å². The molecule has 0 unspecified atom stereocenters. The van der Waals surface area contributed by atoms with Crippen LogP contribution < -0.4 is 9.47 Å². The third-order valence-corrected chi connectivity index (χ3v) is 4.69. The third-order valence-electron chi connectivity index (χ3n) is 2.89. The highest BCUT2D eigenvalue weighted by atomic mass is 32.2. The maximum absolute atomic E-state index is 11.9. The lowest BCUT2D eigenvalue weighted by Crippen LogP contribution is -2.29. The van der Waals surface area contributed by atoms with Gasteiger partial charge >= 0.3 is 5.97 Å². The van der Waals surface area contributed by atoms with Crippen LogP contribution in [0.25, 0.3) is 0 Å². The van der Waals surface area contributed by atoms with Crippen molar-refractivity contribution in [3.8, 4) is 11.5 Å². The van der Waals surface area contributed by atoms with Crippen molar-refractivity contribution >= 4 is 16.0 Å². The van der Waals surface area contributed by atoms with Gasteiger partial charge in [0.1, 0.15) is 0 Å². The molecule has 20 heavy (non-hydrogen) atoms. The lowest BCUT2D eigenvalue weighted by atomic mass is 10.2. The number of aliphatic carboxylic acids is 1. The van der Waals surface area contributed by atoms with E-state index in [0.29, 0.717) is 11.5 Å². The van der Waals surface area contributed by atoms with Crippen molar-refractivity contribution in [3.05, 3.63) is 23.8 Å². The van der Waals surface area contributed by atoms with E-state index in [2.05, 4.69) is 0 Å². The van der Waals surface area contributed by atoms with Gasteiger partial charge in [-0.25, -0.2) is 12.7 Å². The van der Waals surface area contributed by atoms with E-state index in [1.54, 1.807) is 18.2 Å². The molecular weight excluding hydrogens is 286 g/mol. The number of carboxylic acids is 1. The van der Waals surface area contributed by atoms with Crippen LogP contribution in [0.2, 0.25) is 0 Å². The van der Waals surface area contributed by atoms with Gasteiger partial charge in [-0.3, -0.25) is 4.79 Å². The van der Waals surface area contributed by atoms with Gasteiger partial charge in [0.25, 0.3) is 0 Å². The third kappa shape index (κ3) is 3.40. The summed E-state index contributed by atoms with van der Waals surface area (Å²) in [6.45, 7) is 0.310. The molecular formula is C12H15NO6S. The average Bonchev–Trinajstić information content (AvgIpc) is 2.84. The van der Waals surface area contributed by atoms with E-state index in [1.165, 1.54) is 7.05 Å². The van der Waals surface area contributed by atoms with E-state index in [0.717, 1.165) is 9.87 Å². The van der Waals surface area contributed by atoms with Gasteiger partial charge in [0.05, 0.1) is 12.2 Å². The van der Waals surface area contributed by atoms with Crippen LogP contribution in [-0.4, -0.2) is 43.4 Å². The summed E-state index contributed by atoms with van der Waals surface area (Å²) >= 11 is 0. The monoisotopic (exact) mass is 301 g/mol. The maximum Gasteiger partial charge on any atom is 0.304 e. The highest BCUT2D eigenvalue weighted by molar-refractivity contribution is 7.89. The maximum atomic E-state index is 11.9. The quantitative estimate of drug-likeness (QED) is 0.829. The van der Waals surface area contributed by atoms with E-state index in [-0.39, 0.29) is 13.3 Å². The minimum absolute atomic E-state index is 0.151. The molecule has 8 heteroatoms. The average molecular weight is 301 g/mol. The fraction of sp³-hybridized carbons (Fsp3) is 0.417. The number of sulfonamides is 1. The van der Waals surface area contributed by atoms with Gasteiger partial charge in [0.2, 0.25) is 16.8 Å². The number of hydrogen-bond acceptors (Lipinski definition) is 5. The molecule has 0 radical (unpaired) electrons. The molecule has 1 aliphatic rings. The molecule has 0 amide bonds. The van der Waals surface area contributed by atoms with E-state index in [1.807, 2.05) is 0 Å². The molecule has 110 valence electrons. The molecule has 0 saturated heterocycles. The van der Waals surface area contributed by atoms with Gasteiger partial charge in [-0.1, -0.05) is 6.07 Å². The molecule has 0 atom stereocenters. The number of rotatable bonds is 6. The Morgan fingerprint density at radius 3 is 2.75 bits per heavy atom. The van der Waals surface area contributed by atoms with Crippen LogP contribution in [0.3, 0.4) is 0 Å². The van der Waals surface area contributed by atoms with Crippen molar-refractivity contribution in [3.63, 3.8) is 0 Å². The molecule has 0 bridgehead atoms. The van der Waals surface area contributed by atoms with Crippen molar-refractivity contribution in [2.75, 3.05) is 19.6 Å². The molecule has 0 spiro atoms. The summed E-state index contributed by atoms with van der Waals surface area (Å²) in [5, 5.41) is 8.54. The van der Waals surface area contributed by atoms with Crippen LogP contribution in [-0.2, 0) is 21.4 Å². The SMILES string of the molecule is CN(Cc1ccc2c(c1)OCO2)S(=O)(=O)CCC(=O)O. The first kappa shape index (κ1) is 14.6. The zero-order valence-electron chi connectivity index (χ0n) is 10.9. The molecule has 1 aromatic carbocycles. The molecule has 0 fully saturated rings. The highest BCUT2D eigenvalue weighted by Gasteiger charge is 2.20. The van der Waals surface area contributed by atoms with Crippen molar-refractivity contribution in [2.45, 2.75) is 13.0 Å². The van der Waals surface area contributed by atoms with Crippen molar-refractivity contribution in [2.24, 2.45) is 0 Å². The number of nitrogens with zero attached hydrogens (tertiary/aromatic N) is 1. The second-order valence-corrected chi connectivity index (χ2v) is 6.60. The fourth-order valence-corrected chi connectivity index (χ4v) is 2.86. The largest absolute Gasteiger partial charge is 0.481 e. The Morgan fingerprint density at radius 1 is 1.35 bits per heavy atom. The summed E-state index contributed by atoms with van der Waals surface area (Å²) in [6.07, 6.45) is -0.409. The summed E-state index contributed by atoms with van der Waals surface area (Å²) in [5.74, 6) is -0.336. The van der Waals surface area contributed by atoms with Gasteiger partial charge in [-0.2, -0.15) is 0 Å². The lowest BCUT2D eigenvalue weighted by molar-refractivity contribution is -0.136. The first-order valence-corrected chi connectivity index (χ1v) is 7.54.